The van der Waals surface area contributed by atoms with Gasteiger partial charge in [-0.15, -0.1) is 0 Å². The Bertz CT molecular complexity index is 595. The number of nitrogens with zero attached hydrogens (tertiary/aromatic N) is 1. The van der Waals surface area contributed by atoms with Gasteiger partial charge in [0.1, 0.15) is 5.84 Å². The van der Waals surface area contributed by atoms with Crippen molar-refractivity contribution < 1.29 is 0 Å². The molecule has 0 amide bonds. The zero-order chi connectivity index (χ0) is 13.8. The van der Waals surface area contributed by atoms with E-state index in [9.17, 15) is 0 Å². The second kappa shape index (κ2) is 5.89. The maximum absolute atomic E-state index is 7.48. The highest BCUT2D eigenvalue weighted by atomic mass is 79.9. The average molecular weight is 318 g/mol. The molecule has 3 N–H and O–H groups in total. The van der Waals surface area contributed by atoms with E-state index in [-0.39, 0.29) is 5.84 Å². The van der Waals surface area contributed by atoms with Crippen LogP contribution in [0, 0.1) is 5.41 Å². The SMILES string of the molecule is CN(Cc1cccc(Br)c1)c1cccc(C(=N)N)c1. The van der Waals surface area contributed by atoms with Crippen LogP contribution in [-0.2, 0) is 6.54 Å². The number of nitrogens with one attached hydrogen (secondary N) is 1. The summed E-state index contributed by atoms with van der Waals surface area (Å²) in [6.45, 7) is 0.806. The first-order valence-corrected chi connectivity index (χ1v) is 6.75. The van der Waals surface area contributed by atoms with Gasteiger partial charge in [0, 0.05) is 29.3 Å². The van der Waals surface area contributed by atoms with Crippen molar-refractivity contribution in [1.29, 1.82) is 5.41 Å². The first-order valence-electron chi connectivity index (χ1n) is 5.96. The van der Waals surface area contributed by atoms with Gasteiger partial charge in [0.25, 0.3) is 0 Å². The van der Waals surface area contributed by atoms with Crippen LogP contribution in [0.4, 0.5) is 5.69 Å². The summed E-state index contributed by atoms with van der Waals surface area (Å²) in [4.78, 5) is 2.13. The van der Waals surface area contributed by atoms with Crippen molar-refractivity contribution in [2.45, 2.75) is 6.54 Å². The van der Waals surface area contributed by atoms with Crippen LogP contribution in [0.3, 0.4) is 0 Å². The van der Waals surface area contributed by atoms with E-state index in [1.165, 1.54) is 5.56 Å². The third-order valence-electron chi connectivity index (χ3n) is 2.91. The lowest BCUT2D eigenvalue weighted by Crippen LogP contribution is -2.18. The predicted octanol–water partition coefficient (Wildman–Crippen LogP) is 3.37. The molecule has 0 fully saturated rings. The smallest absolute Gasteiger partial charge is 0.122 e. The lowest BCUT2D eigenvalue weighted by Gasteiger charge is -2.20. The van der Waals surface area contributed by atoms with Gasteiger partial charge in [0.15, 0.2) is 0 Å². The highest BCUT2D eigenvalue weighted by Gasteiger charge is 2.04. The van der Waals surface area contributed by atoms with Crippen LogP contribution in [0.1, 0.15) is 11.1 Å². The van der Waals surface area contributed by atoms with Crippen molar-refractivity contribution in [1.82, 2.24) is 0 Å². The molecule has 0 unspecified atom stereocenters. The van der Waals surface area contributed by atoms with Gasteiger partial charge in [-0.3, -0.25) is 5.41 Å². The molecule has 0 saturated carbocycles. The van der Waals surface area contributed by atoms with E-state index in [0.29, 0.717) is 0 Å². The molecule has 0 aliphatic carbocycles. The Hall–Kier alpha value is -1.81. The molecular formula is C15H16BrN3. The standard InChI is InChI=1S/C15H16BrN3/c1-19(10-11-4-2-6-13(16)8-11)14-7-3-5-12(9-14)15(17)18/h2-9H,10H2,1H3,(H3,17,18). The summed E-state index contributed by atoms with van der Waals surface area (Å²) in [7, 11) is 2.03. The molecule has 19 heavy (non-hydrogen) atoms. The summed E-state index contributed by atoms with van der Waals surface area (Å²) in [5.74, 6) is 0.0951. The van der Waals surface area contributed by atoms with E-state index in [0.717, 1.165) is 22.3 Å². The summed E-state index contributed by atoms with van der Waals surface area (Å²) in [6, 6.07) is 16.0. The van der Waals surface area contributed by atoms with Gasteiger partial charge < -0.3 is 10.6 Å². The van der Waals surface area contributed by atoms with Gasteiger partial charge in [-0.25, -0.2) is 0 Å². The maximum atomic E-state index is 7.48. The number of nitrogen functional groups attached to an aromatic ring is 1. The molecule has 0 aliphatic heterocycles. The van der Waals surface area contributed by atoms with Gasteiger partial charge in [0.2, 0.25) is 0 Å². The van der Waals surface area contributed by atoms with E-state index in [2.05, 4.69) is 33.0 Å². The Balaban J connectivity index is 2.18. The van der Waals surface area contributed by atoms with Crippen molar-refractivity contribution >= 4 is 27.5 Å². The van der Waals surface area contributed by atoms with Crippen molar-refractivity contribution in [2.75, 3.05) is 11.9 Å². The Kier molecular flexibility index (Phi) is 4.22. The van der Waals surface area contributed by atoms with Gasteiger partial charge in [-0.1, -0.05) is 40.2 Å². The number of rotatable bonds is 4. The second-order valence-electron chi connectivity index (χ2n) is 4.45. The molecule has 0 saturated heterocycles. The van der Waals surface area contributed by atoms with Gasteiger partial charge in [-0.05, 0) is 29.8 Å². The molecule has 0 atom stereocenters. The molecule has 3 nitrogen and oxygen atoms in total. The topological polar surface area (TPSA) is 53.1 Å². The zero-order valence-electron chi connectivity index (χ0n) is 10.7. The second-order valence-corrected chi connectivity index (χ2v) is 5.37. The lowest BCUT2D eigenvalue weighted by atomic mass is 10.1. The van der Waals surface area contributed by atoms with Crippen LogP contribution >= 0.6 is 15.9 Å². The van der Waals surface area contributed by atoms with Gasteiger partial charge >= 0.3 is 0 Å². The molecule has 4 heteroatoms. The third-order valence-corrected chi connectivity index (χ3v) is 3.40. The minimum Gasteiger partial charge on any atom is -0.384 e. The van der Waals surface area contributed by atoms with Gasteiger partial charge in [-0.2, -0.15) is 0 Å². The molecule has 0 radical (unpaired) electrons. The van der Waals surface area contributed by atoms with Crippen LogP contribution in [0.2, 0.25) is 0 Å². The fourth-order valence-corrected chi connectivity index (χ4v) is 2.36. The quantitative estimate of drug-likeness (QED) is 0.671. The molecule has 2 aromatic carbocycles. The lowest BCUT2D eigenvalue weighted by molar-refractivity contribution is 0.922. The predicted molar refractivity (Wildman–Crippen MR) is 83.7 cm³/mol. The fraction of sp³-hybridized carbons (Fsp3) is 0.133. The number of amidine groups is 1. The van der Waals surface area contributed by atoms with Crippen molar-refractivity contribution in [3.8, 4) is 0 Å². The molecule has 2 aromatic rings. The maximum Gasteiger partial charge on any atom is 0.122 e. The molecule has 98 valence electrons. The molecule has 0 heterocycles. The van der Waals surface area contributed by atoms with E-state index >= 15 is 0 Å². The summed E-state index contributed by atoms with van der Waals surface area (Å²) in [5, 5.41) is 7.48. The molecule has 0 bridgehead atoms. The minimum absolute atomic E-state index is 0.0951. The number of benzene rings is 2. The zero-order valence-corrected chi connectivity index (χ0v) is 12.3. The molecular weight excluding hydrogens is 302 g/mol. The highest BCUT2D eigenvalue weighted by Crippen LogP contribution is 2.19. The first kappa shape index (κ1) is 13.6. The van der Waals surface area contributed by atoms with E-state index < -0.39 is 0 Å². The summed E-state index contributed by atoms with van der Waals surface area (Å²) in [5.41, 5.74) is 8.54. The average Bonchev–Trinajstić information content (AvgIpc) is 2.39. The number of nitrogens with two attached hydrogens (primary N) is 1. The normalized spacial score (nSPS) is 10.2. The highest BCUT2D eigenvalue weighted by molar-refractivity contribution is 9.10. The summed E-state index contributed by atoms with van der Waals surface area (Å²) >= 11 is 3.48. The number of halogens is 1. The van der Waals surface area contributed by atoms with Crippen LogP contribution in [0.15, 0.2) is 53.0 Å². The molecule has 2 rings (SSSR count). The summed E-state index contributed by atoms with van der Waals surface area (Å²) < 4.78 is 1.08. The van der Waals surface area contributed by atoms with Crippen LogP contribution in [0.5, 0.6) is 0 Å². The fourth-order valence-electron chi connectivity index (χ4n) is 1.91. The Labute approximate surface area is 121 Å². The monoisotopic (exact) mass is 317 g/mol. The Morgan fingerprint density at radius 1 is 1.21 bits per heavy atom. The van der Waals surface area contributed by atoms with E-state index in [1.807, 2.05) is 43.4 Å². The van der Waals surface area contributed by atoms with Crippen LogP contribution in [0.25, 0.3) is 0 Å². The molecule has 0 spiro atoms. The number of hydrogen-bond donors (Lipinski definition) is 2. The van der Waals surface area contributed by atoms with E-state index in [4.69, 9.17) is 11.1 Å². The van der Waals surface area contributed by atoms with Gasteiger partial charge in [0.05, 0.1) is 0 Å². The Morgan fingerprint density at radius 2 is 1.95 bits per heavy atom. The van der Waals surface area contributed by atoms with Crippen molar-refractivity contribution in [2.24, 2.45) is 5.73 Å². The third kappa shape index (κ3) is 3.58. The number of anilines is 1. The number of hydrogen-bond acceptors (Lipinski definition) is 2. The van der Waals surface area contributed by atoms with Crippen LogP contribution in [-0.4, -0.2) is 12.9 Å². The largest absolute Gasteiger partial charge is 0.384 e. The minimum atomic E-state index is 0.0951. The summed E-state index contributed by atoms with van der Waals surface area (Å²) in [6.07, 6.45) is 0. The first-order chi connectivity index (χ1) is 9.06. The van der Waals surface area contributed by atoms with E-state index in [1.54, 1.807) is 0 Å². The van der Waals surface area contributed by atoms with Crippen molar-refractivity contribution in [3.63, 3.8) is 0 Å². The Morgan fingerprint density at radius 3 is 2.63 bits per heavy atom. The molecule has 0 aromatic heterocycles. The van der Waals surface area contributed by atoms with Crippen LogP contribution < -0.4 is 10.6 Å². The molecule has 0 aliphatic rings. The van der Waals surface area contributed by atoms with Crippen molar-refractivity contribution in [3.05, 3.63) is 64.1 Å².